The molecule has 0 aromatic carbocycles. The lowest BCUT2D eigenvalue weighted by molar-refractivity contribution is -0.174. The number of aromatic nitrogens is 1. The molecule has 2 amide bonds. The lowest BCUT2D eigenvalue weighted by Gasteiger charge is -2.08. The molecular formula is C6H2Cl2F3N3O2S. The molecule has 94 valence electrons. The minimum Gasteiger partial charge on any atom is -0.266 e. The van der Waals surface area contributed by atoms with E-state index in [0.717, 1.165) is 0 Å². The van der Waals surface area contributed by atoms with Crippen molar-refractivity contribution >= 4 is 46.5 Å². The van der Waals surface area contributed by atoms with Gasteiger partial charge in [-0.2, -0.15) is 17.5 Å². The summed E-state index contributed by atoms with van der Waals surface area (Å²) in [4.78, 5) is 21.4. The van der Waals surface area contributed by atoms with Crippen LogP contribution in [0.1, 0.15) is 9.67 Å². The molecule has 0 radical (unpaired) electrons. The molecule has 1 rings (SSSR count). The highest BCUT2D eigenvalue weighted by Crippen LogP contribution is 2.28. The van der Waals surface area contributed by atoms with Crippen molar-refractivity contribution in [2.24, 2.45) is 0 Å². The van der Waals surface area contributed by atoms with Gasteiger partial charge in [0.1, 0.15) is 9.90 Å². The van der Waals surface area contributed by atoms with Crippen LogP contribution >= 0.6 is 34.7 Å². The zero-order valence-electron chi connectivity index (χ0n) is 7.56. The van der Waals surface area contributed by atoms with Gasteiger partial charge in [0, 0.05) is 0 Å². The van der Waals surface area contributed by atoms with E-state index in [4.69, 9.17) is 23.2 Å². The average Bonchev–Trinajstić information content (AvgIpc) is 2.54. The lowest BCUT2D eigenvalue weighted by atomic mass is 10.5. The van der Waals surface area contributed by atoms with Gasteiger partial charge in [-0.05, 0) is 11.5 Å². The summed E-state index contributed by atoms with van der Waals surface area (Å²) < 4.78 is 38.8. The molecule has 1 aromatic heterocycles. The van der Waals surface area contributed by atoms with Crippen molar-refractivity contribution in [1.82, 2.24) is 15.2 Å². The summed E-state index contributed by atoms with van der Waals surface area (Å²) in [7, 11) is 0. The summed E-state index contributed by atoms with van der Waals surface area (Å²) in [5.41, 5.74) is 2.70. The van der Waals surface area contributed by atoms with Gasteiger partial charge in [-0.3, -0.25) is 20.4 Å². The minimum absolute atomic E-state index is 0.149. The van der Waals surface area contributed by atoms with Crippen molar-refractivity contribution < 1.29 is 22.8 Å². The van der Waals surface area contributed by atoms with E-state index in [1.807, 2.05) is 0 Å². The zero-order valence-corrected chi connectivity index (χ0v) is 9.89. The van der Waals surface area contributed by atoms with E-state index < -0.39 is 18.0 Å². The van der Waals surface area contributed by atoms with Gasteiger partial charge < -0.3 is 0 Å². The van der Waals surface area contributed by atoms with Crippen LogP contribution in [0.2, 0.25) is 10.2 Å². The van der Waals surface area contributed by atoms with Crippen LogP contribution < -0.4 is 10.9 Å². The molecule has 0 atom stereocenters. The fraction of sp³-hybridized carbons (Fsp3) is 0.167. The highest BCUT2D eigenvalue weighted by molar-refractivity contribution is 7.09. The van der Waals surface area contributed by atoms with Gasteiger partial charge in [0.05, 0.1) is 0 Å². The van der Waals surface area contributed by atoms with Crippen molar-refractivity contribution in [1.29, 1.82) is 0 Å². The Bertz CT molecular complexity index is 462. The number of hydrazine groups is 1. The molecule has 11 heteroatoms. The second-order valence-corrected chi connectivity index (χ2v) is 4.03. The molecule has 0 fully saturated rings. The Balaban J connectivity index is 2.63. The third-order valence-electron chi connectivity index (χ3n) is 1.35. The van der Waals surface area contributed by atoms with Crippen molar-refractivity contribution in [2.45, 2.75) is 6.18 Å². The molecule has 0 aliphatic carbocycles. The highest BCUT2D eigenvalue weighted by atomic mass is 35.5. The Labute approximate surface area is 106 Å². The number of rotatable bonds is 1. The van der Waals surface area contributed by atoms with E-state index >= 15 is 0 Å². The topological polar surface area (TPSA) is 71.1 Å². The summed E-state index contributed by atoms with van der Waals surface area (Å²) in [6.07, 6.45) is -5.09. The Kier molecular flexibility index (Phi) is 4.17. The molecule has 0 unspecified atom stereocenters. The number of nitrogens with one attached hydrogen (secondary N) is 2. The van der Waals surface area contributed by atoms with Crippen molar-refractivity contribution in [3.8, 4) is 0 Å². The molecule has 0 saturated heterocycles. The summed E-state index contributed by atoms with van der Waals surface area (Å²) >= 11 is 11.5. The molecule has 0 aliphatic rings. The monoisotopic (exact) mass is 307 g/mol. The van der Waals surface area contributed by atoms with Gasteiger partial charge in [-0.25, -0.2) is 0 Å². The van der Waals surface area contributed by atoms with Gasteiger partial charge in [0.2, 0.25) is 0 Å². The first kappa shape index (κ1) is 14.0. The van der Waals surface area contributed by atoms with E-state index in [1.54, 1.807) is 0 Å². The number of carbonyl (C=O) groups excluding carboxylic acids is 2. The third-order valence-corrected chi connectivity index (χ3v) is 3.15. The summed E-state index contributed by atoms with van der Waals surface area (Å²) in [5.74, 6) is -3.35. The quantitative estimate of drug-likeness (QED) is 0.777. The van der Waals surface area contributed by atoms with Gasteiger partial charge in [-0.15, -0.1) is 0 Å². The van der Waals surface area contributed by atoms with Gasteiger partial charge in [0.15, 0.2) is 5.15 Å². The molecule has 0 spiro atoms. The second-order valence-electron chi connectivity index (χ2n) is 2.52. The maximum atomic E-state index is 11.8. The molecule has 0 bridgehead atoms. The molecule has 0 aliphatic heterocycles. The number of nitrogens with zero attached hydrogens (tertiary/aromatic N) is 1. The van der Waals surface area contributed by atoms with Gasteiger partial charge >= 0.3 is 12.1 Å². The normalized spacial score (nSPS) is 11.1. The maximum absolute atomic E-state index is 11.8. The molecule has 2 N–H and O–H groups in total. The fourth-order valence-corrected chi connectivity index (χ4v) is 1.75. The number of amides is 2. The molecule has 1 aromatic rings. The van der Waals surface area contributed by atoms with E-state index in [-0.39, 0.29) is 15.1 Å². The standard InChI is InChI=1S/C6H2Cl2F3N3O2S/c7-1-2(17-14-3(1)8)4(15)12-13-5(16)6(9,10)11/h(H,12,15)(H,13,16). The second kappa shape index (κ2) is 5.07. The number of halogens is 5. The largest absolute Gasteiger partial charge is 0.472 e. The first-order valence-corrected chi connectivity index (χ1v) is 5.24. The Morgan fingerprint density at radius 3 is 2.24 bits per heavy atom. The predicted molar refractivity (Wildman–Crippen MR) is 53.8 cm³/mol. The molecule has 1 heterocycles. The smallest absolute Gasteiger partial charge is 0.266 e. The maximum Gasteiger partial charge on any atom is 0.472 e. The van der Waals surface area contributed by atoms with Gasteiger partial charge in [-0.1, -0.05) is 23.2 Å². The zero-order chi connectivity index (χ0) is 13.2. The number of alkyl halides is 3. The van der Waals surface area contributed by atoms with Gasteiger partial charge in [0.25, 0.3) is 5.91 Å². The average molecular weight is 308 g/mol. The molecular weight excluding hydrogens is 306 g/mol. The Morgan fingerprint density at radius 1 is 1.24 bits per heavy atom. The SMILES string of the molecule is O=C(NNC(=O)C(F)(F)F)c1snc(Cl)c1Cl. The van der Waals surface area contributed by atoms with Crippen molar-refractivity contribution in [3.63, 3.8) is 0 Å². The number of hydrogen-bond donors (Lipinski definition) is 2. The summed E-state index contributed by atoms with van der Waals surface area (Å²) in [5, 5.41) is -0.348. The summed E-state index contributed by atoms with van der Waals surface area (Å²) in [6, 6.07) is 0. The van der Waals surface area contributed by atoms with Crippen LogP contribution in [-0.4, -0.2) is 22.4 Å². The highest BCUT2D eigenvalue weighted by Gasteiger charge is 2.39. The first-order valence-electron chi connectivity index (χ1n) is 3.71. The first-order chi connectivity index (χ1) is 7.73. The molecule has 0 saturated carbocycles. The Hall–Kier alpha value is -1.06. The number of hydrogen-bond acceptors (Lipinski definition) is 4. The third kappa shape index (κ3) is 3.45. The van der Waals surface area contributed by atoms with Crippen molar-refractivity contribution in [3.05, 3.63) is 15.1 Å². The Morgan fingerprint density at radius 2 is 1.82 bits per heavy atom. The van der Waals surface area contributed by atoms with E-state index in [0.29, 0.717) is 11.5 Å². The van der Waals surface area contributed by atoms with Crippen LogP contribution in [-0.2, 0) is 4.79 Å². The van der Waals surface area contributed by atoms with Crippen LogP contribution in [0.5, 0.6) is 0 Å². The minimum atomic E-state index is -5.09. The van der Waals surface area contributed by atoms with Crippen LogP contribution in [0.15, 0.2) is 0 Å². The van der Waals surface area contributed by atoms with Crippen LogP contribution in [0, 0.1) is 0 Å². The van der Waals surface area contributed by atoms with Crippen LogP contribution in [0.3, 0.4) is 0 Å². The summed E-state index contributed by atoms with van der Waals surface area (Å²) in [6.45, 7) is 0. The van der Waals surface area contributed by atoms with Crippen LogP contribution in [0.25, 0.3) is 0 Å². The fourth-order valence-electron chi connectivity index (χ4n) is 0.642. The van der Waals surface area contributed by atoms with Crippen LogP contribution in [0.4, 0.5) is 13.2 Å². The van der Waals surface area contributed by atoms with E-state index in [2.05, 4.69) is 4.37 Å². The number of carbonyl (C=O) groups is 2. The molecule has 5 nitrogen and oxygen atoms in total. The van der Waals surface area contributed by atoms with E-state index in [9.17, 15) is 22.8 Å². The van der Waals surface area contributed by atoms with E-state index in [1.165, 1.54) is 10.9 Å². The predicted octanol–water partition coefficient (Wildman–Crippen LogP) is 1.77. The molecule has 17 heavy (non-hydrogen) atoms. The lowest BCUT2D eigenvalue weighted by Crippen LogP contribution is -2.47. The van der Waals surface area contributed by atoms with Crippen molar-refractivity contribution in [2.75, 3.05) is 0 Å².